The van der Waals surface area contributed by atoms with Crippen LogP contribution in [-0.4, -0.2) is 40.1 Å². The Morgan fingerprint density at radius 3 is 2.72 bits per heavy atom. The van der Waals surface area contributed by atoms with Gasteiger partial charge in [-0.1, -0.05) is 22.9 Å². The molecule has 1 aliphatic carbocycles. The van der Waals surface area contributed by atoms with Crippen LogP contribution in [0, 0.1) is 0 Å². The summed E-state index contributed by atoms with van der Waals surface area (Å²) >= 11 is 7.41. The van der Waals surface area contributed by atoms with Crippen LogP contribution in [0.4, 0.5) is 0 Å². The van der Waals surface area contributed by atoms with Gasteiger partial charge in [-0.05, 0) is 37.1 Å². The quantitative estimate of drug-likeness (QED) is 0.834. The molecule has 0 fully saturated rings. The molecule has 25 heavy (non-hydrogen) atoms. The molecule has 0 aromatic carbocycles. The number of hydrogen-bond acceptors (Lipinski definition) is 5. The van der Waals surface area contributed by atoms with Crippen LogP contribution in [0.3, 0.4) is 0 Å². The molecular formula is C17H16ClNO5S. The van der Waals surface area contributed by atoms with Crippen molar-refractivity contribution in [2.24, 2.45) is 0 Å². The molecule has 0 spiro atoms. The molecule has 132 valence electrons. The molecule has 1 unspecified atom stereocenters. The van der Waals surface area contributed by atoms with Crippen LogP contribution in [0.25, 0.3) is 0 Å². The van der Waals surface area contributed by atoms with E-state index >= 15 is 0 Å². The second kappa shape index (κ2) is 6.57. The van der Waals surface area contributed by atoms with Crippen LogP contribution >= 0.6 is 22.9 Å². The first kappa shape index (κ1) is 17.6. The van der Waals surface area contributed by atoms with Gasteiger partial charge < -0.3 is 19.8 Å². The minimum atomic E-state index is -0.998. The zero-order valence-electron chi connectivity index (χ0n) is 13.6. The molecule has 1 aromatic rings. The van der Waals surface area contributed by atoms with Crippen LogP contribution < -0.4 is 0 Å². The first-order valence-electron chi connectivity index (χ1n) is 7.53. The Labute approximate surface area is 153 Å². The molecule has 0 radical (unpaired) electrons. The number of amides is 1. The number of carboxylic acid groups (broad SMARTS) is 1. The summed E-state index contributed by atoms with van der Waals surface area (Å²) in [7, 11) is 1.49. The van der Waals surface area contributed by atoms with Crippen molar-refractivity contribution in [1.29, 1.82) is 0 Å². The Hall–Kier alpha value is -2.25. The third-order valence-corrected chi connectivity index (χ3v) is 5.58. The van der Waals surface area contributed by atoms with Gasteiger partial charge >= 0.3 is 5.97 Å². The molecule has 6 nitrogen and oxygen atoms in total. The van der Waals surface area contributed by atoms with E-state index in [9.17, 15) is 19.8 Å². The van der Waals surface area contributed by atoms with Crippen LogP contribution in [-0.2, 0) is 9.53 Å². The molecule has 1 aliphatic heterocycles. The van der Waals surface area contributed by atoms with Crippen molar-refractivity contribution in [3.05, 3.63) is 50.7 Å². The maximum atomic E-state index is 12.9. The van der Waals surface area contributed by atoms with Crippen LogP contribution in [0.1, 0.15) is 29.4 Å². The smallest absolute Gasteiger partial charge is 0.307 e. The maximum Gasteiger partial charge on any atom is 0.307 e. The second-order valence-corrected chi connectivity index (χ2v) is 7.14. The molecule has 0 bridgehead atoms. The molecule has 0 saturated heterocycles. The van der Waals surface area contributed by atoms with E-state index in [4.69, 9.17) is 16.3 Å². The van der Waals surface area contributed by atoms with E-state index in [1.165, 1.54) is 13.2 Å². The third-order valence-electron chi connectivity index (χ3n) is 4.32. The number of aliphatic carboxylic acids is 1. The van der Waals surface area contributed by atoms with Gasteiger partial charge in [0.1, 0.15) is 5.76 Å². The van der Waals surface area contributed by atoms with E-state index in [0.717, 1.165) is 11.3 Å². The summed E-state index contributed by atoms with van der Waals surface area (Å²) in [5.74, 6) is -0.808. The fraction of sp³-hybridized carbons (Fsp3) is 0.294. The number of fused-ring (bicyclic) bond motifs is 1. The summed E-state index contributed by atoms with van der Waals surface area (Å²) in [5.41, 5.74) is 1.71. The van der Waals surface area contributed by atoms with Gasteiger partial charge in [0.05, 0.1) is 29.5 Å². The molecule has 2 N–H and O–H groups in total. The number of hydrogen-bond donors (Lipinski definition) is 2. The van der Waals surface area contributed by atoms with Crippen molar-refractivity contribution in [3.63, 3.8) is 0 Å². The molecule has 0 saturated carbocycles. The van der Waals surface area contributed by atoms with Gasteiger partial charge in [-0.25, -0.2) is 0 Å². The highest BCUT2D eigenvalue weighted by Gasteiger charge is 2.42. The van der Waals surface area contributed by atoms with Gasteiger partial charge in [-0.2, -0.15) is 0 Å². The number of halogens is 1. The van der Waals surface area contributed by atoms with Crippen LogP contribution in [0.15, 0.2) is 45.8 Å². The lowest BCUT2D eigenvalue weighted by Crippen LogP contribution is -2.36. The SMILES string of the molecule is COC1=CCC2C(=C1Cl)C(CC(=O)O)=C(C)N2C(=O)c1ccc(O)s1. The monoisotopic (exact) mass is 381 g/mol. The number of carbonyl (C=O) groups is 2. The predicted octanol–water partition coefficient (Wildman–Crippen LogP) is 3.45. The summed E-state index contributed by atoms with van der Waals surface area (Å²) in [5, 5.41) is 19.2. The van der Waals surface area contributed by atoms with E-state index in [-0.39, 0.29) is 23.4 Å². The highest BCUT2D eigenvalue weighted by molar-refractivity contribution is 7.15. The zero-order chi connectivity index (χ0) is 18.3. The number of rotatable bonds is 4. The van der Waals surface area contributed by atoms with E-state index in [1.807, 2.05) is 0 Å². The summed E-state index contributed by atoms with van der Waals surface area (Å²) < 4.78 is 5.25. The number of methoxy groups -OCH3 is 1. The highest BCUT2D eigenvalue weighted by atomic mass is 35.5. The minimum Gasteiger partial charge on any atom is -0.499 e. The molecule has 8 heteroatoms. The molecule has 1 aromatic heterocycles. The lowest BCUT2D eigenvalue weighted by molar-refractivity contribution is -0.136. The van der Waals surface area contributed by atoms with Gasteiger partial charge in [0.25, 0.3) is 5.91 Å². The topological polar surface area (TPSA) is 87.1 Å². The lowest BCUT2D eigenvalue weighted by Gasteiger charge is -2.29. The maximum absolute atomic E-state index is 12.9. The first-order chi connectivity index (χ1) is 11.8. The molecule has 1 atom stereocenters. The van der Waals surface area contributed by atoms with Gasteiger partial charge in [-0.15, -0.1) is 0 Å². The molecule has 2 heterocycles. The Bertz CT molecular complexity index is 851. The summed E-state index contributed by atoms with van der Waals surface area (Å²) in [4.78, 5) is 26.2. The van der Waals surface area contributed by atoms with E-state index < -0.39 is 5.97 Å². The summed E-state index contributed by atoms with van der Waals surface area (Å²) in [6.07, 6.45) is 2.03. The second-order valence-electron chi connectivity index (χ2n) is 5.70. The van der Waals surface area contributed by atoms with Gasteiger partial charge in [0.2, 0.25) is 0 Å². The predicted molar refractivity (Wildman–Crippen MR) is 93.5 cm³/mol. The summed E-state index contributed by atoms with van der Waals surface area (Å²) in [6.45, 7) is 1.71. The van der Waals surface area contributed by atoms with Gasteiger partial charge in [-0.3, -0.25) is 9.59 Å². The first-order valence-corrected chi connectivity index (χ1v) is 8.73. The van der Waals surface area contributed by atoms with Crippen LogP contribution in [0.2, 0.25) is 0 Å². The fourth-order valence-electron chi connectivity index (χ4n) is 3.25. The molecule has 1 amide bonds. The lowest BCUT2D eigenvalue weighted by atomic mass is 9.92. The van der Waals surface area contributed by atoms with Crippen LogP contribution in [0.5, 0.6) is 5.06 Å². The Morgan fingerprint density at radius 2 is 2.16 bits per heavy atom. The molecule has 3 rings (SSSR count). The fourth-order valence-corrected chi connectivity index (χ4v) is 4.33. The highest BCUT2D eigenvalue weighted by Crippen LogP contribution is 2.45. The van der Waals surface area contributed by atoms with Gasteiger partial charge in [0.15, 0.2) is 5.06 Å². The summed E-state index contributed by atoms with van der Waals surface area (Å²) in [6, 6.07) is 2.63. The number of allylic oxidation sites excluding steroid dienone is 2. The number of thiophene rings is 1. The minimum absolute atomic E-state index is 0.0500. The van der Waals surface area contributed by atoms with Crippen molar-refractivity contribution in [2.45, 2.75) is 25.8 Å². The normalized spacial score (nSPS) is 19.9. The average Bonchev–Trinajstić information content (AvgIpc) is 3.10. The Balaban J connectivity index is 2.09. The van der Waals surface area contributed by atoms with Crippen molar-refractivity contribution < 1.29 is 24.5 Å². The standard InChI is InChI=1S/C17H16ClNO5S/c1-8-9(7-13(20)21)15-10(3-4-11(24-2)16(15)18)19(8)17(23)12-5-6-14(22)25-12/h4-6,10,22H,3,7H2,1-2H3,(H,20,21). The molecular weight excluding hydrogens is 366 g/mol. The van der Waals surface area contributed by atoms with Crippen molar-refractivity contribution in [1.82, 2.24) is 4.90 Å². The zero-order valence-corrected chi connectivity index (χ0v) is 15.1. The number of aromatic hydroxyl groups is 1. The average molecular weight is 382 g/mol. The van der Waals surface area contributed by atoms with Crippen molar-refractivity contribution in [3.8, 4) is 5.06 Å². The number of carbonyl (C=O) groups excluding carboxylic acids is 1. The van der Waals surface area contributed by atoms with Gasteiger partial charge in [0, 0.05) is 11.3 Å². The van der Waals surface area contributed by atoms with E-state index in [1.54, 1.807) is 24.0 Å². The number of nitrogens with zero attached hydrogens (tertiary/aromatic N) is 1. The largest absolute Gasteiger partial charge is 0.499 e. The van der Waals surface area contributed by atoms with Crippen molar-refractivity contribution >= 4 is 34.8 Å². The Morgan fingerprint density at radius 1 is 1.44 bits per heavy atom. The van der Waals surface area contributed by atoms with E-state index in [0.29, 0.717) is 38.9 Å². The number of ether oxygens (including phenoxy) is 1. The molecule has 2 aliphatic rings. The third kappa shape index (κ3) is 2.94. The number of carboxylic acids is 1. The van der Waals surface area contributed by atoms with E-state index in [2.05, 4.69) is 0 Å². The van der Waals surface area contributed by atoms with Crippen molar-refractivity contribution in [2.75, 3.05) is 7.11 Å². The Kier molecular flexibility index (Phi) is 4.62.